The number of carbonyl (C=O) groups is 2. The van der Waals surface area contributed by atoms with Crippen LogP contribution in [-0.2, 0) is 9.59 Å². The lowest BCUT2D eigenvalue weighted by molar-refractivity contribution is -0.123. The molecule has 1 aromatic carbocycles. The van der Waals surface area contributed by atoms with Gasteiger partial charge in [-0.15, -0.1) is 0 Å². The summed E-state index contributed by atoms with van der Waals surface area (Å²) >= 11 is 3.41. The molecule has 0 saturated carbocycles. The first-order valence-electron chi connectivity index (χ1n) is 8.91. The van der Waals surface area contributed by atoms with E-state index in [1.54, 1.807) is 0 Å². The second-order valence-corrected chi connectivity index (χ2v) is 7.90. The van der Waals surface area contributed by atoms with E-state index in [1.807, 2.05) is 24.3 Å². The van der Waals surface area contributed by atoms with E-state index in [-0.39, 0.29) is 30.3 Å². The number of carbonyl (C=O) groups excluding carboxylic acids is 2. The molecule has 1 aliphatic heterocycles. The highest BCUT2D eigenvalue weighted by molar-refractivity contribution is 9.10. The van der Waals surface area contributed by atoms with E-state index in [1.165, 1.54) is 6.92 Å². The number of likely N-dealkylation sites (tertiary alicyclic amines) is 1. The van der Waals surface area contributed by atoms with Gasteiger partial charge in [0.05, 0.1) is 12.5 Å². The molecule has 0 radical (unpaired) electrons. The quantitative estimate of drug-likeness (QED) is 0.758. The van der Waals surface area contributed by atoms with Crippen molar-refractivity contribution < 1.29 is 9.59 Å². The normalized spacial score (nSPS) is 17.3. The molecular weight excluding hydrogens is 382 g/mol. The maximum absolute atomic E-state index is 12.5. The molecule has 1 fully saturated rings. The largest absolute Gasteiger partial charge is 0.353 e. The van der Waals surface area contributed by atoms with Crippen molar-refractivity contribution in [2.24, 2.45) is 0 Å². The van der Waals surface area contributed by atoms with E-state index in [9.17, 15) is 9.59 Å². The Kier molecular flexibility index (Phi) is 7.44. The summed E-state index contributed by atoms with van der Waals surface area (Å²) in [5.74, 6) is -0.143. The fourth-order valence-corrected chi connectivity index (χ4v) is 3.49. The zero-order valence-corrected chi connectivity index (χ0v) is 16.8. The van der Waals surface area contributed by atoms with E-state index < -0.39 is 0 Å². The molecule has 1 heterocycles. The molecule has 0 spiro atoms. The van der Waals surface area contributed by atoms with Gasteiger partial charge in [-0.25, -0.2) is 0 Å². The molecule has 2 amide bonds. The second kappa shape index (κ2) is 9.34. The van der Waals surface area contributed by atoms with Gasteiger partial charge in [-0.3, -0.25) is 9.59 Å². The minimum Gasteiger partial charge on any atom is -0.353 e. The van der Waals surface area contributed by atoms with Gasteiger partial charge < -0.3 is 15.5 Å². The van der Waals surface area contributed by atoms with Crippen LogP contribution in [0.2, 0.25) is 0 Å². The van der Waals surface area contributed by atoms with Crippen LogP contribution in [0.25, 0.3) is 0 Å². The predicted octanol–water partition coefficient (Wildman–Crippen LogP) is 3.01. The molecule has 1 aliphatic rings. The standard InChI is InChI=1S/C19H28BrN3O2/c1-13(2)23-10-8-17(9-11-23)22-19(25)12-18(21-14(3)24)15-4-6-16(20)7-5-15/h4-7,13,17-18H,8-12H2,1-3H3,(H,21,24)(H,22,25). The number of benzene rings is 1. The Labute approximate surface area is 158 Å². The van der Waals surface area contributed by atoms with Crippen LogP contribution in [0.1, 0.15) is 51.6 Å². The number of hydrogen-bond donors (Lipinski definition) is 2. The first kappa shape index (κ1) is 19.9. The summed E-state index contributed by atoms with van der Waals surface area (Å²) in [6.45, 7) is 7.92. The molecule has 0 aliphatic carbocycles. The van der Waals surface area contributed by atoms with Crippen LogP contribution in [0.5, 0.6) is 0 Å². The number of hydrogen-bond acceptors (Lipinski definition) is 3. The number of amides is 2. The number of rotatable bonds is 6. The third-order valence-corrected chi connectivity index (χ3v) is 5.19. The van der Waals surface area contributed by atoms with Gasteiger partial charge >= 0.3 is 0 Å². The van der Waals surface area contributed by atoms with Crippen molar-refractivity contribution in [3.8, 4) is 0 Å². The van der Waals surface area contributed by atoms with Crippen molar-refractivity contribution in [3.63, 3.8) is 0 Å². The summed E-state index contributed by atoms with van der Waals surface area (Å²) in [6.07, 6.45) is 2.21. The van der Waals surface area contributed by atoms with Crippen LogP contribution in [0, 0.1) is 0 Å². The Balaban J connectivity index is 1.91. The van der Waals surface area contributed by atoms with Gasteiger partial charge in [-0.1, -0.05) is 28.1 Å². The lowest BCUT2D eigenvalue weighted by atomic mass is 10.0. The Bertz CT molecular complexity index is 581. The predicted molar refractivity (Wildman–Crippen MR) is 103 cm³/mol. The first-order valence-corrected chi connectivity index (χ1v) is 9.70. The van der Waals surface area contributed by atoms with Crippen LogP contribution in [-0.4, -0.2) is 41.9 Å². The Morgan fingerprint density at radius 2 is 1.80 bits per heavy atom. The highest BCUT2D eigenvalue weighted by atomic mass is 79.9. The molecule has 25 heavy (non-hydrogen) atoms. The molecule has 6 heteroatoms. The third kappa shape index (κ3) is 6.44. The van der Waals surface area contributed by atoms with E-state index in [0.29, 0.717) is 6.04 Å². The van der Waals surface area contributed by atoms with E-state index in [2.05, 4.69) is 45.3 Å². The average molecular weight is 410 g/mol. The van der Waals surface area contributed by atoms with Gasteiger partial charge in [0, 0.05) is 36.6 Å². The van der Waals surface area contributed by atoms with Crippen molar-refractivity contribution >= 4 is 27.7 Å². The minimum absolute atomic E-state index is 0.00957. The number of halogens is 1. The summed E-state index contributed by atoms with van der Waals surface area (Å²) in [5.41, 5.74) is 0.933. The van der Waals surface area contributed by atoms with Crippen LogP contribution in [0.4, 0.5) is 0 Å². The van der Waals surface area contributed by atoms with Gasteiger partial charge in [0.2, 0.25) is 11.8 Å². The highest BCUT2D eigenvalue weighted by Crippen LogP contribution is 2.20. The summed E-state index contributed by atoms with van der Waals surface area (Å²) in [4.78, 5) is 26.4. The molecule has 1 saturated heterocycles. The SMILES string of the molecule is CC(=O)NC(CC(=O)NC1CCN(C(C)C)CC1)c1ccc(Br)cc1. The molecule has 0 bridgehead atoms. The molecule has 138 valence electrons. The number of piperidine rings is 1. The molecule has 0 aromatic heterocycles. The smallest absolute Gasteiger partial charge is 0.222 e. The Morgan fingerprint density at radius 1 is 1.20 bits per heavy atom. The van der Waals surface area contributed by atoms with Crippen molar-refractivity contribution in [2.45, 2.75) is 58.2 Å². The molecule has 2 N–H and O–H groups in total. The monoisotopic (exact) mass is 409 g/mol. The lowest BCUT2D eigenvalue weighted by Gasteiger charge is -2.35. The van der Waals surface area contributed by atoms with Crippen molar-refractivity contribution in [1.29, 1.82) is 0 Å². The van der Waals surface area contributed by atoms with Crippen LogP contribution in [0.3, 0.4) is 0 Å². The topological polar surface area (TPSA) is 61.4 Å². The van der Waals surface area contributed by atoms with Gasteiger partial charge in [0.25, 0.3) is 0 Å². The first-order chi connectivity index (χ1) is 11.8. The lowest BCUT2D eigenvalue weighted by Crippen LogP contribution is -2.47. The molecule has 2 rings (SSSR count). The molecule has 1 unspecified atom stereocenters. The van der Waals surface area contributed by atoms with Crippen LogP contribution < -0.4 is 10.6 Å². The number of nitrogens with one attached hydrogen (secondary N) is 2. The molecular formula is C19H28BrN3O2. The second-order valence-electron chi connectivity index (χ2n) is 6.98. The Hall–Kier alpha value is -1.40. The molecule has 5 nitrogen and oxygen atoms in total. The van der Waals surface area contributed by atoms with Crippen molar-refractivity contribution in [2.75, 3.05) is 13.1 Å². The average Bonchev–Trinajstić information content (AvgIpc) is 2.55. The van der Waals surface area contributed by atoms with Crippen LogP contribution in [0.15, 0.2) is 28.7 Å². The van der Waals surface area contributed by atoms with E-state index in [0.717, 1.165) is 36.0 Å². The fraction of sp³-hybridized carbons (Fsp3) is 0.579. The van der Waals surface area contributed by atoms with Gasteiger partial charge in [0.15, 0.2) is 0 Å². The van der Waals surface area contributed by atoms with Gasteiger partial charge in [-0.05, 0) is 44.4 Å². The maximum atomic E-state index is 12.5. The fourth-order valence-electron chi connectivity index (χ4n) is 3.22. The van der Waals surface area contributed by atoms with Crippen LogP contribution >= 0.6 is 15.9 Å². The van der Waals surface area contributed by atoms with Gasteiger partial charge in [-0.2, -0.15) is 0 Å². The highest BCUT2D eigenvalue weighted by Gasteiger charge is 2.24. The number of nitrogens with zero attached hydrogens (tertiary/aromatic N) is 1. The van der Waals surface area contributed by atoms with E-state index in [4.69, 9.17) is 0 Å². The summed E-state index contributed by atoms with van der Waals surface area (Å²) < 4.78 is 0.971. The summed E-state index contributed by atoms with van der Waals surface area (Å²) in [5, 5.41) is 6.02. The van der Waals surface area contributed by atoms with E-state index >= 15 is 0 Å². The van der Waals surface area contributed by atoms with Gasteiger partial charge in [0.1, 0.15) is 0 Å². The third-order valence-electron chi connectivity index (χ3n) is 4.66. The minimum atomic E-state index is -0.304. The van der Waals surface area contributed by atoms with Crippen molar-refractivity contribution in [1.82, 2.24) is 15.5 Å². The van der Waals surface area contributed by atoms with Crippen molar-refractivity contribution in [3.05, 3.63) is 34.3 Å². The zero-order valence-electron chi connectivity index (χ0n) is 15.2. The summed E-state index contributed by atoms with van der Waals surface area (Å²) in [6, 6.07) is 8.18. The zero-order chi connectivity index (χ0) is 18.4. The Morgan fingerprint density at radius 3 is 2.32 bits per heavy atom. The molecule has 1 aromatic rings. The maximum Gasteiger partial charge on any atom is 0.222 e. The summed E-state index contributed by atoms with van der Waals surface area (Å²) in [7, 11) is 0. The molecule has 1 atom stereocenters.